The summed E-state index contributed by atoms with van der Waals surface area (Å²) >= 11 is 1.38. The van der Waals surface area contributed by atoms with E-state index in [1.807, 2.05) is 6.20 Å². The lowest BCUT2D eigenvalue weighted by Crippen LogP contribution is -2.22. The Morgan fingerprint density at radius 3 is 2.93 bits per heavy atom. The predicted octanol–water partition coefficient (Wildman–Crippen LogP) is 3.30. The van der Waals surface area contributed by atoms with Gasteiger partial charge in [0.15, 0.2) is 0 Å². The second-order valence-electron chi connectivity index (χ2n) is 7.43. The van der Waals surface area contributed by atoms with Crippen molar-refractivity contribution < 1.29 is 14.3 Å². The summed E-state index contributed by atoms with van der Waals surface area (Å²) in [4.78, 5) is 16.8. The van der Waals surface area contributed by atoms with Gasteiger partial charge in [-0.25, -0.2) is 14.8 Å². The second-order valence-corrected chi connectivity index (χ2v) is 13.9. The van der Waals surface area contributed by atoms with Gasteiger partial charge in [-0.1, -0.05) is 19.6 Å². The number of ether oxygens (including phenoxy) is 2. The van der Waals surface area contributed by atoms with E-state index in [0.29, 0.717) is 24.0 Å². The second kappa shape index (κ2) is 8.67. The van der Waals surface area contributed by atoms with Crippen LogP contribution in [0.5, 0.6) is 5.88 Å². The number of thiazole rings is 1. The molecule has 0 spiro atoms. The molecule has 0 unspecified atom stereocenters. The number of nitrogens with one attached hydrogen (secondary N) is 2. The van der Waals surface area contributed by atoms with Crippen LogP contribution in [-0.2, 0) is 11.5 Å². The smallest absolute Gasteiger partial charge is 0.275 e. The summed E-state index contributed by atoms with van der Waals surface area (Å²) in [6.45, 7) is 8.11. The number of amides is 1. The lowest BCUT2D eigenvalue weighted by molar-refractivity contribution is 0.0786. The molecule has 0 saturated heterocycles. The first kappa shape index (κ1) is 20.2. The molecule has 150 valence electrons. The molecule has 28 heavy (non-hydrogen) atoms. The Hall–Kier alpha value is -2.50. The summed E-state index contributed by atoms with van der Waals surface area (Å²) in [5.41, 5.74) is 1.63. The van der Waals surface area contributed by atoms with Crippen molar-refractivity contribution in [1.82, 2.24) is 25.0 Å². The molecule has 3 heterocycles. The van der Waals surface area contributed by atoms with E-state index in [2.05, 4.69) is 45.2 Å². The van der Waals surface area contributed by atoms with Gasteiger partial charge in [-0.3, -0.25) is 4.79 Å². The number of H-pyrrole nitrogens is 1. The third kappa shape index (κ3) is 5.27. The molecular formula is C17H24N6O3SSi. The highest BCUT2D eigenvalue weighted by Gasteiger charge is 2.16. The zero-order valence-electron chi connectivity index (χ0n) is 16.4. The Labute approximate surface area is 168 Å². The van der Waals surface area contributed by atoms with Crippen LogP contribution in [0.25, 0.3) is 10.6 Å². The fraction of sp³-hybridized carbons (Fsp3) is 0.412. The summed E-state index contributed by atoms with van der Waals surface area (Å²) in [6, 6.07) is 1.12. The Bertz CT molecular complexity index is 929. The molecule has 0 saturated carbocycles. The first-order valence-corrected chi connectivity index (χ1v) is 13.4. The molecule has 1 amide bonds. The van der Waals surface area contributed by atoms with E-state index in [4.69, 9.17) is 9.47 Å². The number of aromatic amines is 1. The van der Waals surface area contributed by atoms with E-state index in [1.54, 1.807) is 16.3 Å². The molecule has 0 atom stereocenters. The van der Waals surface area contributed by atoms with Gasteiger partial charge in [0, 0.05) is 31.8 Å². The molecule has 0 aliphatic heterocycles. The number of hydrogen-bond donors (Lipinski definition) is 2. The maximum atomic E-state index is 12.4. The molecule has 0 aromatic carbocycles. The summed E-state index contributed by atoms with van der Waals surface area (Å²) in [6.07, 6.45) is 5.08. The van der Waals surface area contributed by atoms with Crippen molar-refractivity contribution in [3.63, 3.8) is 0 Å². The van der Waals surface area contributed by atoms with Crippen LogP contribution in [0.15, 0.2) is 24.0 Å². The van der Waals surface area contributed by atoms with Crippen molar-refractivity contribution in [2.24, 2.45) is 0 Å². The summed E-state index contributed by atoms with van der Waals surface area (Å²) in [5, 5.41) is 15.9. The fourth-order valence-corrected chi connectivity index (χ4v) is 3.83. The van der Waals surface area contributed by atoms with Crippen LogP contribution in [0.3, 0.4) is 0 Å². The minimum atomic E-state index is -1.10. The normalized spacial score (nSPS) is 11.6. The number of methoxy groups -OCH3 is 1. The van der Waals surface area contributed by atoms with E-state index in [0.717, 1.165) is 23.2 Å². The first-order chi connectivity index (χ1) is 13.4. The highest BCUT2D eigenvalue weighted by atomic mass is 32.1. The van der Waals surface area contributed by atoms with Gasteiger partial charge in [0.2, 0.25) is 5.88 Å². The molecule has 0 fully saturated rings. The quantitative estimate of drug-likeness (QED) is 0.406. The standard InChI is InChI=1S/C17H24N6O3SSi/c1-25-16-13(8-18-22-16)20-15(24)14-10-27-17(21-14)12-7-19-23(9-12)11-26-5-6-28(2,3)4/h7-10H,5-6,11H2,1-4H3,(H,18,22)(H,20,24). The molecule has 0 bridgehead atoms. The lowest BCUT2D eigenvalue weighted by atomic mass is 10.4. The molecule has 0 aliphatic rings. The zero-order valence-corrected chi connectivity index (χ0v) is 18.2. The fourth-order valence-electron chi connectivity index (χ4n) is 2.30. The van der Waals surface area contributed by atoms with Gasteiger partial charge in [-0.15, -0.1) is 11.3 Å². The van der Waals surface area contributed by atoms with E-state index < -0.39 is 8.07 Å². The topological polar surface area (TPSA) is 107 Å². The Kier molecular flexibility index (Phi) is 6.27. The molecule has 3 rings (SSSR count). The van der Waals surface area contributed by atoms with E-state index in [-0.39, 0.29) is 5.91 Å². The van der Waals surface area contributed by atoms with Crippen molar-refractivity contribution >= 4 is 31.0 Å². The van der Waals surface area contributed by atoms with Crippen LogP contribution in [0.2, 0.25) is 25.7 Å². The van der Waals surface area contributed by atoms with Gasteiger partial charge in [-0.05, 0) is 6.04 Å². The van der Waals surface area contributed by atoms with Gasteiger partial charge < -0.3 is 14.8 Å². The van der Waals surface area contributed by atoms with Crippen molar-refractivity contribution in [3.05, 3.63) is 29.7 Å². The van der Waals surface area contributed by atoms with Crippen LogP contribution < -0.4 is 10.1 Å². The van der Waals surface area contributed by atoms with Gasteiger partial charge in [0.05, 0.1) is 19.5 Å². The Balaban J connectivity index is 1.58. The summed E-state index contributed by atoms with van der Waals surface area (Å²) in [5.74, 6) is 0.0588. The first-order valence-electron chi connectivity index (χ1n) is 8.80. The lowest BCUT2D eigenvalue weighted by Gasteiger charge is -2.15. The maximum Gasteiger partial charge on any atom is 0.275 e. The maximum absolute atomic E-state index is 12.4. The third-order valence-electron chi connectivity index (χ3n) is 3.89. The number of anilines is 1. The molecule has 0 aliphatic carbocycles. The van der Waals surface area contributed by atoms with Crippen molar-refractivity contribution in [3.8, 4) is 16.5 Å². The number of nitrogens with zero attached hydrogens (tertiary/aromatic N) is 4. The summed E-state index contributed by atoms with van der Waals surface area (Å²) in [7, 11) is 0.401. The zero-order chi connectivity index (χ0) is 20.1. The Morgan fingerprint density at radius 1 is 1.36 bits per heavy atom. The molecule has 3 aromatic rings. The van der Waals surface area contributed by atoms with Crippen molar-refractivity contribution in [2.75, 3.05) is 19.0 Å². The van der Waals surface area contributed by atoms with Crippen LogP contribution in [0.1, 0.15) is 10.5 Å². The van der Waals surface area contributed by atoms with Crippen LogP contribution >= 0.6 is 11.3 Å². The average molecular weight is 421 g/mol. The molecule has 0 radical (unpaired) electrons. The van der Waals surface area contributed by atoms with Crippen LogP contribution in [-0.4, -0.2) is 52.7 Å². The number of aromatic nitrogens is 5. The van der Waals surface area contributed by atoms with Gasteiger partial charge >= 0.3 is 0 Å². The van der Waals surface area contributed by atoms with Gasteiger partial charge in [0.25, 0.3) is 5.91 Å². The SMILES string of the molecule is COc1[nH]ncc1NC(=O)c1csc(-c2cnn(COCC[Si](C)(C)C)c2)n1. The Morgan fingerprint density at radius 2 is 2.18 bits per heavy atom. The van der Waals surface area contributed by atoms with Gasteiger partial charge in [0.1, 0.15) is 23.1 Å². The van der Waals surface area contributed by atoms with Crippen molar-refractivity contribution in [2.45, 2.75) is 32.4 Å². The minimum absolute atomic E-state index is 0.322. The summed E-state index contributed by atoms with van der Waals surface area (Å²) < 4.78 is 12.5. The predicted molar refractivity (Wildman–Crippen MR) is 111 cm³/mol. The minimum Gasteiger partial charge on any atom is -0.480 e. The third-order valence-corrected chi connectivity index (χ3v) is 6.49. The number of carbonyl (C=O) groups excluding carboxylic acids is 1. The average Bonchev–Trinajstić information content (AvgIpc) is 3.37. The van der Waals surface area contributed by atoms with Crippen molar-refractivity contribution in [1.29, 1.82) is 0 Å². The van der Waals surface area contributed by atoms with Gasteiger partial charge in [-0.2, -0.15) is 10.2 Å². The van der Waals surface area contributed by atoms with Crippen LogP contribution in [0, 0.1) is 0 Å². The molecular weight excluding hydrogens is 396 g/mol. The number of rotatable bonds is 9. The number of hydrogen-bond acceptors (Lipinski definition) is 7. The van der Waals surface area contributed by atoms with E-state index >= 15 is 0 Å². The highest BCUT2D eigenvalue weighted by molar-refractivity contribution is 7.13. The number of carbonyl (C=O) groups is 1. The monoisotopic (exact) mass is 420 g/mol. The molecule has 9 nitrogen and oxygen atoms in total. The van der Waals surface area contributed by atoms with Crippen LogP contribution in [0.4, 0.5) is 5.69 Å². The molecule has 2 N–H and O–H groups in total. The highest BCUT2D eigenvalue weighted by Crippen LogP contribution is 2.25. The molecule has 11 heteroatoms. The van der Waals surface area contributed by atoms with E-state index in [9.17, 15) is 4.79 Å². The largest absolute Gasteiger partial charge is 0.480 e. The van der Waals surface area contributed by atoms with E-state index in [1.165, 1.54) is 24.6 Å². The molecule has 3 aromatic heterocycles.